The van der Waals surface area contributed by atoms with Gasteiger partial charge < -0.3 is 0 Å². The first-order chi connectivity index (χ1) is 13.0. The van der Waals surface area contributed by atoms with Gasteiger partial charge in [0, 0.05) is 24.6 Å². The van der Waals surface area contributed by atoms with Crippen LogP contribution in [0.15, 0.2) is 64.8 Å². The molecule has 0 fully saturated rings. The lowest BCUT2D eigenvalue weighted by molar-refractivity contribution is 0.767. The Balaban J connectivity index is 1.86. The van der Waals surface area contributed by atoms with Crippen molar-refractivity contribution in [3.63, 3.8) is 0 Å². The number of benzene rings is 2. The summed E-state index contributed by atoms with van der Waals surface area (Å²) in [7, 11) is 1.90. The number of aromatic nitrogens is 4. The zero-order valence-electron chi connectivity index (χ0n) is 15.5. The van der Waals surface area contributed by atoms with E-state index >= 15 is 0 Å². The zero-order chi connectivity index (χ0) is 19.0. The Morgan fingerprint density at radius 3 is 2.63 bits per heavy atom. The van der Waals surface area contributed by atoms with Crippen molar-refractivity contribution in [1.29, 1.82) is 0 Å². The number of aryl methyl sites for hydroxylation is 3. The largest absolute Gasteiger partial charge is 0.276 e. The molecule has 4 aromatic rings. The Labute approximate surface area is 161 Å². The van der Waals surface area contributed by atoms with E-state index in [-0.39, 0.29) is 5.56 Å². The van der Waals surface area contributed by atoms with Crippen LogP contribution in [-0.2, 0) is 12.8 Å². The molecule has 0 N–H and O–H groups in total. The van der Waals surface area contributed by atoms with Crippen molar-refractivity contribution in [3.05, 3.63) is 81.9 Å². The fourth-order valence-electron chi connectivity index (χ4n) is 3.00. The first kappa shape index (κ1) is 17.5. The summed E-state index contributed by atoms with van der Waals surface area (Å²) in [6.07, 6.45) is 3.82. The quantitative estimate of drug-likeness (QED) is 0.399. The average Bonchev–Trinajstić information content (AvgIpc) is 3.08. The van der Waals surface area contributed by atoms with E-state index in [0.717, 1.165) is 22.3 Å². The predicted molar refractivity (Wildman–Crippen MR) is 110 cm³/mol. The summed E-state index contributed by atoms with van der Waals surface area (Å²) in [4.78, 5) is 18.0. The highest BCUT2D eigenvalue weighted by atomic mass is 32.2. The monoisotopic (exact) mass is 376 g/mol. The van der Waals surface area contributed by atoms with Crippen LogP contribution in [0.1, 0.15) is 16.7 Å². The van der Waals surface area contributed by atoms with Gasteiger partial charge in [0.1, 0.15) is 0 Å². The molecule has 0 aliphatic heterocycles. The van der Waals surface area contributed by atoms with Crippen molar-refractivity contribution >= 4 is 22.7 Å². The zero-order valence-corrected chi connectivity index (χ0v) is 16.3. The second-order valence-electron chi connectivity index (χ2n) is 6.63. The highest BCUT2D eigenvalue weighted by molar-refractivity contribution is 7.98. The number of hydrogen-bond acceptors (Lipinski definition) is 4. The molecule has 0 unspecified atom stereocenters. The summed E-state index contributed by atoms with van der Waals surface area (Å²) in [6.45, 7) is 4.12. The van der Waals surface area contributed by atoms with Gasteiger partial charge in [-0.2, -0.15) is 5.10 Å². The van der Waals surface area contributed by atoms with Gasteiger partial charge in [0.2, 0.25) is 0 Å². The maximum Gasteiger partial charge on any atom is 0.266 e. The van der Waals surface area contributed by atoms with Gasteiger partial charge in [-0.25, -0.2) is 4.98 Å². The van der Waals surface area contributed by atoms with Gasteiger partial charge in [-0.05, 0) is 49.2 Å². The molecule has 0 amide bonds. The normalized spacial score (nSPS) is 11.2. The van der Waals surface area contributed by atoms with Crippen LogP contribution in [0.3, 0.4) is 0 Å². The van der Waals surface area contributed by atoms with Gasteiger partial charge in [-0.1, -0.05) is 30.0 Å². The molecule has 0 aliphatic rings. The van der Waals surface area contributed by atoms with E-state index in [9.17, 15) is 4.79 Å². The summed E-state index contributed by atoms with van der Waals surface area (Å²) in [6, 6.07) is 13.6. The van der Waals surface area contributed by atoms with Crippen molar-refractivity contribution < 1.29 is 0 Å². The maximum absolute atomic E-state index is 13.3. The van der Waals surface area contributed by atoms with Gasteiger partial charge in [-0.15, -0.1) is 0 Å². The molecular formula is C21H20N4OS. The van der Waals surface area contributed by atoms with E-state index in [4.69, 9.17) is 4.98 Å². The van der Waals surface area contributed by atoms with E-state index in [1.54, 1.807) is 21.0 Å². The van der Waals surface area contributed by atoms with Gasteiger partial charge in [0.25, 0.3) is 5.56 Å². The third-order valence-corrected chi connectivity index (χ3v) is 5.63. The molecule has 0 spiro atoms. The van der Waals surface area contributed by atoms with Crippen LogP contribution in [0.25, 0.3) is 16.6 Å². The van der Waals surface area contributed by atoms with E-state index in [2.05, 4.69) is 18.9 Å². The average molecular weight is 376 g/mol. The lowest BCUT2D eigenvalue weighted by Gasteiger charge is -2.14. The number of para-hydroxylation sites is 1. The van der Waals surface area contributed by atoms with Gasteiger partial charge >= 0.3 is 0 Å². The molecule has 27 heavy (non-hydrogen) atoms. The molecule has 0 atom stereocenters. The predicted octanol–water partition coefficient (Wildman–Crippen LogP) is 4.03. The summed E-state index contributed by atoms with van der Waals surface area (Å²) >= 11 is 1.55. The van der Waals surface area contributed by atoms with E-state index < -0.39 is 0 Å². The number of nitrogens with zero attached hydrogens (tertiary/aromatic N) is 4. The Bertz CT molecular complexity index is 1190. The Kier molecular flexibility index (Phi) is 4.58. The summed E-state index contributed by atoms with van der Waals surface area (Å²) < 4.78 is 3.50. The fraction of sp³-hybridized carbons (Fsp3) is 0.190. The third-order valence-electron chi connectivity index (χ3n) is 4.62. The molecule has 6 heteroatoms. The first-order valence-electron chi connectivity index (χ1n) is 8.72. The molecule has 0 bridgehead atoms. The smallest absolute Gasteiger partial charge is 0.266 e. The molecule has 136 valence electrons. The molecule has 5 nitrogen and oxygen atoms in total. The number of rotatable bonds is 4. The lowest BCUT2D eigenvalue weighted by atomic mass is 10.1. The number of fused-ring (bicyclic) bond motifs is 1. The Hall–Kier alpha value is -2.86. The minimum atomic E-state index is -0.0439. The van der Waals surface area contributed by atoms with Crippen molar-refractivity contribution in [2.75, 3.05) is 0 Å². The van der Waals surface area contributed by atoms with Crippen molar-refractivity contribution in [1.82, 2.24) is 19.3 Å². The maximum atomic E-state index is 13.3. The SMILES string of the molecule is Cc1ccc(-n2c(SCc3cnn(C)c3)nc3ccccc3c2=O)cc1C. The molecule has 2 aromatic heterocycles. The fourth-order valence-corrected chi connectivity index (χ4v) is 3.92. The van der Waals surface area contributed by atoms with Gasteiger partial charge in [0.15, 0.2) is 5.16 Å². The Morgan fingerprint density at radius 2 is 1.89 bits per heavy atom. The van der Waals surface area contributed by atoms with Gasteiger partial charge in [0.05, 0.1) is 22.8 Å². The topological polar surface area (TPSA) is 52.7 Å². The lowest BCUT2D eigenvalue weighted by Crippen LogP contribution is -2.21. The van der Waals surface area contributed by atoms with Crippen molar-refractivity contribution in [2.45, 2.75) is 24.8 Å². The molecule has 0 aliphatic carbocycles. The Morgan fingerprint density at radius 1 is 1.07 bits per heavy atom. The molecule has 0 radical (unpaired) electrons. The standard InChI is InChI=1S/C21H20N4OS/c1-14-8-9-17(10-15(14)2)25-20(26)18-6-4-5-7-19(18)23-21(25)27-13-16-11-22-24(3)12-16/h4-12H,13H2,1-3H3. The number of hydrogen-bond donors (Lipinski definition) is 0. The molecule has 0 saturated carbocycles. The summed E-state index contributed by atoms with van der Waals surface area (Å²) in [5, 5.41) is 5.52. The van der Waals surface area contributed by atoms with E-state index in [1.807, 2.05) is 61.9 Å². The van der Waals surface area contributed by atoms with Crippen LogP contribution in [0, 0.1) is 13.8 Å². The van der Waals surface area contributed by atoms with Gasteiger partial charge in [-0.3, -0.25) is 14.0 Å². The minimum Gasteiger partial charge on any atom is -0.276 e. The molecule has 2 heterocycles. The highest BCUT2D eigenvalue weighted by Gasteiger charge is 2.14. The van der Waals surface area contributed by atoms with Crippen LogP contribution in [0.5, 0.6) is 0 Å². The van der Waals surface area contributed by atoms with Crippen LogP contribution < -0.4 is 5.56 Å². The van der Waals surface area contributed by atoms with Crippen LogP contribution in [0.4, 0.5) is 0 Å². The number of thioether (sulfide) groups is 1. The first-order valence-corrected chi connectivity index (χ1v) is 9.71. The van der Waals surface area contributed by atoms with E-state index in [1.165, 1.54) is 5.56 Å². The van der Waals surface area contributed by atoms with Crippen LogP contribution >= 0.6 is 11.8 Å². The van der Waals surface area contributed by atoms with Crippen molar-refractivity contribution in [2.24, 2.45) is 7.05 Å². The van der Waals surface area contributed by atoms with E-state index in [0.29, 0.717) is 16.3 Å². The van der Waals surface area contributed by atoms with Crippen LogP contribution in [-0.4, -0.2) is 19.3 Å². The second-order valence-corrected chi connectivity index (χ2v) is 7.57. The summed E-state index contributed by atoms with van der Waals surface area (Å²) in [5.74, 6) is 0.698. The highest BCUT2D eigenvalue weighted by Crippen LogP contribution is 2.25. The van der Waals surface area contributed by atoms with Crippen molar-refractivity contribution in [3.8, 4) is 5.69 Å². The minimum absolute atomic E-state index is 0.0439. The molecule has 0 saturated heterocycles. The molecular weight excluding hydrogens is 356 g/mol. The molecule has 4 rings (SSSR count). The van der Waals surface area contributed by atoms with Crippen LogP contribution in [0.2, 0.25) is 0 Å². The summed E-state index contributed by atoms with van der Waals surface area (Å²) in [5.41, 5.74) is 4.96. The third kappa shape index (κ3) is 3.40. The second kappa shape index (κ2) is 7.04. The molecule has 2 aromatic carbocycles.